The molecule has 0 saturated carbocycles. The Bertz CT molecular complexity index is 1000. The highest BCUT2D eigenvalue weighted by Gasteiger charge is 2.31. The third kappa shape index (κ3) is 6.69. The van der Waals surface area contributed by atoms with Gasteiger partial charge in [-0.3, -0.25) is 9.59 Å². The van der Waals surface area contributed by atoms with E-state index in [-0.39, 0.29) is 17.7 Å². The van der Waals surface area contributed by atoms with Gasteiger partial charge in [-0.1, -0.05) is 98.2 Å². The fourth-order valence-corrected chi connectivity index (χ4v) is 3.67. The Kier molecular flexibility index (Phi) is 8.46. The Labute approximate surface area is 195 Å². The molecule has 32 heavy (non-hydrogen) atoms. The van der Waals surface area contributed by atoms with E-state index in [2.05, 4.69) is 5.32 Å². The molecule has 0 bridgehead atoms. The SMILES string of the molecule is CC(C)C(=O)N(Cc1ccccc1)[C@@H](Cc1ccccc1)C(=O)NCc1ccc(Cl)cc1. The van der Waals surface area contributed by atoms with Crippen LogP contribution in [0.5, 0.6) is 0 Å². The fourth-order valence-electron chi connectivity index (χ4n) is 3.54. The molecule has 0 spiro atoms. The van der Waals surface area contributed by atoms with Crippen molar-refractivity contribution in [2.45, 2.75) is 39.4 Å². The van der Waals surface area contributed by atoms with Crippen molar-refractivity contribution in [3.63, 3.8) is 0 Å². The van der Waals surface area contributed by atoms with Gasteiger partial charge < -0.3 is 10.2 Å². The number of benzene rings is 3. The summed E-state index contributed by atoms with van der Waals surface area (Å²) >= 11 is 5.97. The summed E-state index contributed by atoms with van der Waals surface area (Å²) in [6.45, 7) is 4.48. The van der Waals surface area contributed by atoms with Crippen LogP contribution in [0.15, 0.2) is 84.9 Å². The molecule has 3 aromatic carbocycles. The molecule has 0 unspecified atom stereocenters. The Morgan fingerprint density at radius 2 is 1.38 bits per heavy atom. The lowest BCUT2D eigenvalue weighted by Gasteiger charge is -2.32. The average molecular weight is 449 g/mol. The van der Waals surface area contributed by atoms with Gasteiger partial charge in [0.2, 0.25) is 11.8 Å². The van der Waals surface area contributed by atoms with Crippen LogP contribution in [0, 0.1) is 5.92 Å². The van der Waals surface area contributed by atoms with Crippen molar-refractivity contribution in [2.75, 3.05) is 0 Å². The van der Waals surface area contributed by atoms with Gasteiger partial charge in [-0.2, -0.15) is 0 Å². The summed E-state index contributed by atoms with van der Waals surface area (Å²) in [5, 5.41) is 3.67. The summed E-state index contributed by atoms with van der Waals surface area (Å²) in [5.74, 6) is -0.439. The van der Waals surface area contributed by atoms with Gasteiger partial charge in [0.15, 0.2) is 0 Å². The number of carbonyl (C=O) groups is 2. The summed E-state index contributed by atoms with van der Waals surface area (Å²) in [6.07, 6.45) is 0.443. The van der Waals surface area contributed by atoms with E-state index in [1.54, 1.807) is 17.0 Å². The first kappa shape index (κ1) is 23.6. The van der Waals surface area contributed by atoms with Crippen LogP contribution in [0.3, 0.4) is 0 Å². The number of hydrogen-bond donors (Lipinski definition) is 1. The molecule has 0 heterocycles. The summed E-state index contributed by atoms with van der Waals surface area (Å²) < 4.78 is 0. The van der Waals surface area contributed by atoms with Crippen LogP contribution >= 0.6 is 11.6 Å². The molecule has 3 rings (SSSR count). The van der Waals surface area contributed by atoms with Crippen LogP contribution in [0.4, 0.5) is 0 Å². The fraction of sp³-hybridized carbons (Fsp3) is 0.259. The molecule has 0 aromatic heterocycles. The zero-order valence-corrected chi connectivity index (χ0v) is 19.3. The average Bonchev–Trinajstić information content (AvgIpc) is 2.81. The molecular weight excluding hydrogens is 420 g/mol. The second-order valence-electron chi connectivity index (χ2n) is 8.16. The monoisotopic (exact) mass is 448 g/mol. The van der Waals surface area contributed by atoms with E-state index in [1.165, 1.54) is 0 Å². The third-order valence-electron chi connectivity index (χ3n) is 5.30. The largest absolute Gasteiger partial charge is 0.350 e. The topological polar surface area (TPSA) is 49.4 Å². The Hall–Kier alpha value is -3.11. The lowest BCUT2D eigenvalue weighted by atomic mass is 10.0. The second-order valence-corrected chi connectivity index (χ2v) is 8.59. The van der Waals surface area contributed by atoms with E-state index in [1.807, 2.05) is 86.6 Å². The second kappa shape index (κ2) is 11.5. The molecule has 0 fully saturated rings. The predicted molar refractivity (Wildman–Crippen MR) is 129 cm³/mol. The minimum atomic E-state index is -0.625. The standard InChI is InChI=1S/C27H29ClN2O2/c1-20(2)27(32)30(19-23-11-7-4-8-12-23)25(17-21-9-5-3-6-10-21)26(31)29-18-22-13-15-24(28)16-14-22/h3-16,20,25H,17-19H2,1-2H3,(H,29,31)/t25-/m0/s1. The molecule has 166 valence electrons. The summed E-state index contributed by atoms with van der Waals surface area (Å²) in [7, 11) is 0. The van der Waals surface area contributed by atoms with E-state index in [0.29, 0.717) is 24.5 Å². The summed E-state index contributed by atoms with van der Waals surface area (Å²) in [4.78, 5) is 28.4. The first-order chi connectivity index (χ1) is 15.4. The minimum Gasteiger partial charge on any atom is -0.350 e. The maximum absolute atomic E-state index is 13.4. The minimum absolute atomic E-state index is 0.0450. The van der Waals surface area contributed by atoms with E-state index in [4.69, 9.17) is 11.6 Å². The van der Waals surface area contributed by atoms with Gasteiger partial charge >= 0.3 is 0 Å². The maximum Gasteiger partial charge on any atom is 0.243 e. The smallest absolute Gasteiger partial charge is 0.243 e. The van der Waals surface area contributed by atoms with Crippen molar-refractivity contribution >= 4 is 23.4 Å². The normalized spacial score (nSPS) is 11.8. The van der Waals surface area contributed by atoms with Crippen LogP contribution in [0.25, 0.3) is 0 Å². The number of amides is 2. The molecule has 0 aliphatic heterocycles. The molecule has 0 radical (unpaired) electrons. The van der Waals surface area contributed by atoms with E-state index in [0.717, 1.165) is 16.7 Å². The molecule has 1 N–H and O–H groups in total. The van der Waals surface area contributed by atoms with Crippen LogP contribution < -0.4 is 5.32 Å². The first-order valence-electron chi connectivity index (χ1n) is 10.8. The van der Waals surface area contributed by atoms with Gasteiger partial charge in [0.25, 0.3) is 0 Å². The summed E-state index contributed by atoms with van der Waals surface area (Å²) in [5.41, 5.74) is 2.95. The number of rotatable bonds is 9. The number of carbonyl (C=O) groups excluding carboxylic acids is 2. The van der Waals surface area contributed by atoms with Crippen LogP contribution in [0.2, 0.25) is 5.02 Å². The zero-order valence-electron chi connectivity index (χ0n) is 18.5. The Morgan fingerprint density at radius 3 is 1.94 bits per heavy atom. The molecule has 0 aliphatic rings. The lowest BCUT2D eigenvalue weighted by molar-refractivity contribution is -0.143. The van der Waals surface area contributed by atoms with Crippen molar-refractivity contribution in [1.29, 1.82) is 0 Å². The van der Waals surface area contributed by atoms with Crippen molar-refractivity contribution in [3.8, 4) is 0 Å². The Balaban J connectivity index is 1.87. The van der Waals surface area contributed by atoms with Crippen molar-refractivity contribution in [1.82, 2.24) is 10.2 Å². The van der Waals surface area contributed by atoms with E-state index < -0.39 is 6.04 Å². The number of hydrogen-bond acceptors (Lipinski definition) is 2. The Morgan fingerprint density at radius 1 is 0.812 bits per heavy atom. The van der Waals surface area contributed by atoms with Crippen molar-refractivity contribution < 1.29 is 9.59 Å². The van der Waals surface area contributed by atoms with Crippen molar-refractivity contribution in [2.24, 2.45) is 5.92 Å². The molecule has 0 saturated heterocycles. The third-order valence-corrected chi connectivity index (χ3v) is 5.56. The predicted octanol–water partition coefficient (Wildman–Crippen LogP) is 5.25. The highest BCUT2D eigenvalue weighted by atomic mass is 35.5. The molecule has 2 amide bonds. The van der Waals surface area contributed by atoms with Gasteiger partial charge in [0.05, 0.1) is 0 Å². The molecule has 3 aromatic rings. The molecular formula is C27H29ClN2O2. The van der Waals surface area contributed by atoms with Gasteiger partial charge in [-0.15, -0.1) is 0 Å². The number of nitrogens with one attached hydrogen (secondary N) is 1. The maximum atomic E-state index is 13.4. The molecule has 5 heteroatoms. The summed E-state index contributed by atoms with van der Waals surface area (Å²) in [6, 6.07) is 26.3. The van der Waals surface area contributed by atoms with Crippen LogP contribution in [0.1, 0.15) is 30.5 Å². The van der Waals surface area contributed by atoms with Gasteiger partial charge in [0.1, 0.15) is 6.04 Å². The lowest BCUT2D eigenvalue weighted by Crippen LogP contribution is -2.51. The first-order valence-corrected chi connectivity index (χ1v) is 11.2. The van der Waals surface area contributed by atoms with E-state index >= 15 is 0 Å². The molecule has 0 aliphatic carbocycles. The van der Waals surface area contributed by atoms with Gasteiger partial charge in [-0.25, -0.2) is 0 Å². The highest BCUT2D eigenvalue weighted by molar-refractivity contribution is 6.30. The van der Waals surface area contributed by atoms with Crippen molar-refractivity contribution in [3.05, 3.63) is 107 Å². The quantitative estimate of drug-likeness (QED) is 0.486. The number of halogens is 1. The molecule has 4 nitrogen and oxygen atoms in total. The molecule has 1 atom stereocenters. The van der Waals surface area contributed by atoms with Crippen LogP contribution in [-0.2, 0) is 29.1 Å². The zero-order chi connectivity index (χ0) is 22.9. The van der Waals surface area contributed by atoms with Crippen LogP contribution in [-0.4, -0.2) is 22.8 Å². The highest BCUT2D eigenvalue weighted by Crippen LogP contribution is 2.18. The van der Waals surface area contributed by atoms with Gasteiger partial charge in [0, 0.05) is 30.5 Å². The number of nitrogens with zero attached hydrogens (tertiary/aromatic N) is 1. The van der Waals surface area contributed by atoms with E-state index in [9.17, 15) is 9.59 Å². The van der Waals surface area contributed by atoms with Gasteiger partial charge in [-0.05, 0) is 28.8 Å².